The van der Waals surface area contributed by atoms with Gasteiger partial charge in [-0.15, -0.1) is 0 Å². The molecule has 0 aliphatic carbocycles. The van der Waals surface area contributed by atoms with E-state index < -0.39 is 0 Å². The van der Waals surface area contributed by atoms with Gasteiger partial charge in [0, 0.05) is 24.1 Å². The zero-order valence-corrected chi connectivity index (χ0v) is 13.4. The minimum absolute atomic E-state index is 0.722. The standard InChI is InChI=1S/C14H17BrClN3/c1-3-19-13(14(16)10(2)18-19)9-17-8-11-5-4-6-12(15)7-11/h4-7,17H,3,8-9H2,1-2H3. The van der Waals surface area contributed by atoms with Crippen LogP contribution in [-0.4, -0.2) is 9.78 Å². The number of nitrogens with zero attached hydrogens (tertiary/aromatic N) is 2. The van der Waals surface area contributed by atoms with Crippen molar-refractivity contribution < 1.29 is 0 Å². The number of benzene rings is 1. The fraction of sp³-hybridized carbons (Fsp3) is 0.357. The maximum absolute atomic E-state index is 6.27. The highest BCUT2D eigenvalue weighted by Gasteiger charge is 2.11. The van der Waals surface area contributed by atoms with Gasteiger partial charge in [0.1, 0.15) is 0 Å². The monoisotopic (exact) mass is 341 g/mol. The maximum atomic E-state index is 6.27. The Bertz CT molecular complexity index is 566. The summed E-state index contributed by atoms with van der Waals surface area (Å²) in [6.45, 7) is 6.37. The van der Waals surface area contributed by atoms with Gasteiger partial charge in [0.15, 0.2) is 0 Å². The Kier molecular flexibility index (Phi) is 5.02. The van der Waals surface area contributed by atoms with Crippen LogP contribution in [0.5, 0.6) is 0 Å². The van der Waals surface area contributed by atoms with E-state index in [1.165, 1.54) is 5.56 Å². The molecule has 2 rings (SSSR count). The van der Waals surface area contributed by atoms with E-state index >= 15 is 0 Å². The number of rotatable bonds is 5. The van der Waals surface area contributed by atoms with Gasteiger partial charge in [0.25, 0.3) is 0 Å². The number of hydrogen-bond acceptors (Lipinski definition) is 2. The van der Waals surface area contributed by atoms with Crippen LogP contribution >= 0.6 is 27.5 Å². The van der Waals surface area contributed by atoms with Crippen molar-refractivity contribution in [2.75, 3.05) is 0 Å². The highest BCUT2D eigenvalue weighted by molar-refractivity contribution is 9.10. The molecule has 3 nitrogen and oxygen atoms in total. The van der Waals surface area contributed by atoms with Crippen LogP contribution in [0.4, 0.5) is 0 Å². The smallest absolute Gasteiger partial charge is 0.0860 e. The topological polar surface area (TPSA) is 29.9 Å². The Hall–Kier alpha value is -0.840. The van der Waals surface area contributed by atoms with Gasteiger partial charge < -0.3 is 5.32 Å². The van der Waals surface area contributed by atoms with Crippen molar-refractivity contribution in [3.05, 3.63) is 50.7 Å². The van der Waals surface area contributed by atoms with Crippen molar-refractivity contribution >= 4 is 27.5 Å². The van der Waals surface area contributed by atoms with E-state index in [-0.39, 0.29) is 0 Å². The first-order valence-electron chi connectivity index (χ1n) is 6.28. The first kappa shape index (κ1) is 14.6. The molecular weight excluding hydrogens is 326 g/mol. The summed E-state index contributed by atoms with van der Waals surface area (Å²) >= 11 is 9.74. The molecule has 19 heavy (non-hydrogen) atoms. The summed E-state index contributed by atoms with van der Waals surface area (Å²) < 4.78 is 3.05. The van der Waals surface area contributed by atoms with Crippen LogP contribution in [-0.2, 0) is 19.6 Å². The summed E-state index contributed by atoms with van der Waals surface area (Å²) in [5.41, 5.74) is 3.18. The largest absolute Gasteiger partial charge is 0.307 e. The van der Waals surface area contributed by atoms with Crippen molar-refractivity contribution in [1.29, 1.82) is 0 Å². The number of nitrogens with one attached hydrogen (secondary N) is 1. The Labute approximate surface area is 127 Å². The molecule has 0 amide bonds. The summed E-state index contributed by atoms with van der Waals surface area (Å²) in [4.78, 5) is 0. The van der Waals surface area contributed by atoms with E-state index in [2.05, 4.69) is 45.4 Å². The van der Waals surface area contributed by atoms with Crippen molar-refractivity contribution in [2.24, 2.45) is 0 Å². The average Bonchev–Trinajstić information content (AvgIpc) is 2.66. The summed E-state index contributed by atoms with van der Waals surface area (Å²) in [7, 11) is 0. The van der Waals surface area contributed by atoms with E-state index in [0.29, 0.717) is 0 Å². The van der Waals surface area contributed by atoms with Gasteiger partial charge >= 0.3 is 0 Å². The quantitative estimate of drug-likeness (QED) is 0.892. The molecule has 1 aromatic carbocycles. The molecule has 5 heteroatoms. The van der Waals surface area contributed by atoms with Crippen LogP contribution in [0.25, 0.3) is 0 Å². The lowest BCUT2D eigenvalue weighted by atomic mass is 10.2. The zero-order valence-electron chi connectivity index (χ0n) is 11.1. The van der Waals surface area contributed by atoms with Gasteiger partial charge in [0.2, 0.25) is 0 Å². The van der Waals surface area contributed by atoms with Gasteiger partial charge in [-0.2, -0.15) is 5.10 Å². The zero-order chi connectivity index (χ0) is 13.8. The van der Waals surface area contributed by atoms with Crippen LogP contribution in [0.15, 0.2) is 28.7 Å². The minimum atomic E-state index is 0.722. The molecule has 0 saturated carbocycles. The predicted molar refractivity (Wildman–Crippen MR) is 82.3 cm³/mol. The van der Waals surface area contributed by atoms with Crippen molar-refractivity contribution in [1.82, 2.24) is 15.1 Å². The Balaban J connectivity index is 1.99. The molecule has 0 spiro atoms. The summed E-state index contributed by atoms with van der Waals surface area (Å²) in [6, 6.07) is 8.27. The molecule has 1 heterocycles. The van der Waals surface area contributed by atoms with Gasteiger partial charge in [-0.1, -0.05) is 39.7 Å². The molecule has 0 atom stereocenters. The molecule has 1 N–H and O–H groups in total. The normalized spacial score (nSPS) is 10.9. The van der Waals surface area contributed by atoms with Crippen molar-refractivity contribution in [3.8, 4) is 0 Å². The van der Waals surface area contributed by atoms with Gasteiger partial charge in [-0.25, -0.2) is 0 Å². The van der Waals surface area contributed by atoms with Gasteiger partial charge in [0.05, 0.1) is 16.4 Å². The molecule has 0 fully saturated rings. The highest BCUT2D eigenvalue weighted by atomic mass is 79.9. The molecule has 0 radical (unpaired) electrons. The SMILES string of the molecule is CCn1nc(C)c(Cl)c1CNCc1cccc(Br)c1. The fourth-order valence-corrected chi connectivity index (χ4v) is 2.66. The molecule has 2 aromatic rings. The molecule has 0 saturated heterocycles. The Morgan fingerprint density at radius 1 is 1.37 bits per heavy atom. The van der Waals surface area contributed by atoms with Crippen molar-refractivity contribution in [3.63, 3.8) is 0 Å². The van der Waals surface area contributed by atoms with Crippen LogP contribution in [0.1, 0.15) is 23.9 Å². The molecule has 102 valence electrons. The van der Waals surface area contributed by atoms with Crippen LogP contribution in [0.2, 0.25) is 5.02 Å². The van der Waals surface area contributed by atoms with Crippen LogP contribution < -0.4 is 5.32 Å². The Morgan fingerprint density at radius 2 is 2.16 bits per heavy atom. The number of halogens is 2. The second-order valence-electron chi connectivity index (χ2n) is 4.40. The second-order valence-corrected chi connectivity index (χ2v) is 5.69. The first-order chi connectivity index (χ1) is 9.11. The van der Waals surface area contributed by atoms with Crippen LogP contribution in [0.3, 0.4) is 0 Å². The van der Waals surface area contributed by atoms with Gasteiger partial charge in [-0.3, -0.25) is 4.68 Å². The first-order valence-corrected chi connectivity index (χ1v) is 7.46. The number of hydrogen-bond donors (Lipinski definition) is 1. The highest BCUT2D eigenvalue weighted by Crippen LogP contribution is 2.20. The van der Waals surface area contributed by atoms with E-state index in [1.807, 2.05) is 23.7 Å². The third-order valence-electron chi connectivity index (χ3n) is 2.96. The van der Waals surface area contributed by atoms with E-state index in [0.717, 1.165) is 40.5 Å². The maximum Gasteiger partial charge on any atom is 0.0860 e. The summed E-state index contributed by atoms with van der Waals surface area (Å²) in [5, 5.41) is 8.58. The van der Waals surface area contributed by atoms with Crippen LogP contribution in [0, 0.1) is 6.92 Å². The lowest BCUT2D eigenvalue weighted by Gasteiger charge is -2.08. The van der Waals surface area contributed by atoms with E-state index in [1.54, 1.807) is 0 Å². The molecule has 0 bridgehead atoms. The van der Waals surface area contributed by atoms with Crippen molar-refractivity contribution in [2.45, 2.75) is 33.5 Å². The molecule has 0 unspecified atom stereocenters. The number of aryl methyl sites for hydroxylation is 2. The average molecular weight is 343 g/mol. The van der Waals surface area contributed by atoms with E-state index in [4.69, 9.17) is 11.6 Å². The van der Waals surface area contributed by atoms with Gasteiger partial charge in [-0.05, 0) is 31.5 Å². The number of aromatic nitrogens is 2. The second kappa shape index (κ2) is 6.55. The molecule has 0 aliphatic rings. The predicted octanol–water partition coefficient (Wildman–Crippen LogP) is 3.92. The minimum Gasteiger partial charge on any atom is -0.307 e. The summed E-state index contributed by atoms with van der Waals surface area (Å²) in [6.07, 6.45) is 0. The molecular formula is C14H17BrClN3. The lowest BCUT2D eigenvalue weighted by Crippen LogP contribution is -2.16. The molecule has 0 aliphatic heterocycles. The Morgan fingerprint density at radius 3 is 2.84 bits per heavy atom. The third kappa shape index (κ3) is 3.59. The fourth-order valence-electron chi connectivity index (χ4n) is 2.01. The van der Waals surface area contributed by atoms with E-state index in [9.17, 15) is 0 Å². The lowest BCUT2D eigenvalue weighted by molar-refractivity contribution is 0.579. The third-order valence-corrected chi connectivity index (χ3v) is 3.95. The molecule has 1 aromatic heterocycles. The summed E-state index contributed by atoms with van der Waals surface area (Å²) in [5.74, 6) is 0.